The maximum Gasteiger partial charge on any atom is 0.0677 e. The van der Waals surface area contributed by atoms with E-state index in [4.69, 9.17) is 0 Å². The van der Waals surface area contributed by atoms with Crippen molar-refractivity contribution in [1.29, 1.82) is 0 Å². The largest absolute Gasteiger partial charge is 0.393 e. The van der Waals surface area contributed by atoms with Crippen LogP contribution in [-0.2, 0) is 0 Å². The van der Waals surface area contributed by atoms with Crippen molar-refractivity contribution in [2.45, 2.75) is 77.6 Å². The van der Waals surface area contributed by atoms with E-state index in [2.05, 4.69) is 33.9 Å². The molecule has 2 rings (SSSR count). The van der Waals surface area contributed by atoms with Crippen LogP contribution in [0.4, 0.5) is 0 Å². The van der Waals surface area contributed by atoms with Gasteiger partial charge in [-0.3, -0.25) is 0 Å². The number of aliphatic hydroxyl groups is 3. The summed E-state index contributed by atoms with van der Waals surface area (Å²) in [7, 11) is 0. The average Bonchev–Trinajstić information content (AvgIpc) is 2.41. The normalized spacial score (nSPS) is 46.0. The van der Waals surface area contributed by atoms with Crippen LogP contribution in [0.15, 0.2) is 24.8 Å². The first-order chi connectivity index (χ1) is 10.5. The lowest BCUT2D eigenvalue weighted by Gasteiger charge is -2.64. The fourth-order valence-corrected chi connectivity index (χ4v) is 5.83. The van der Waals surface area contributed by atoms with Gasteiger partial charge in [0.2, 0.25) is 0 Å². The Balaban J connectivity index is 2.39. The lowest BCUT2D eigenvalue weighted by atomic mass is 9.43. The topological polar surface area (TPSA) is 60.7 Å². The van der Waals surface area contributed by atoms with Crippen LogP contribution >= 0.6 is 0 Å². The van der Waals surface area contributed by atoms with E-state index in [-0.39, 0.29) is 22.7 Å². The van der Waals surface area contributed by atoms with Gasteiger partial charge >= 0.3 is 0 Å². The van der Waals surface area contributed by atoms with Gasteiger partial charge in [0.25, 0.3) is 0 Å². The Kier molecular flexibility index (Phi) is 4.89. The Morgan fingerprint density at radius 3 is 2.39 bits per heavy atom. The number of allylic oxidation sites excluding steroid dienone is 2. The minimum atomic E-state index is -0.898. The summed E-state index contributed by atoms with van der Waals surface area (Å²) >= 11 is 0. The summed E-state index contributed by atoms with van der Waals surface area (Å²) in [6.45, 7) is 15.9. The van der Waals surface area contributed by atoms with Crippen LogP contribution < -0.4 is 0 Å². The Labute approximate surface area is 141 Å². The predicted molar refractivity (Wildman–Crippen MR) is 93.9 cm³/mol. The van der Waals surface area contributed by atoms with Crippen molar-refractivity contribution in [3.05, 3.63) is 24.8 Å². The molecule has 0 bridgehead atoms. The number of hydrogen-bond acceptors (Lipinski definition) is 3. The molecule has 0 aromatic rings. The van der Waals surface area contributed by atoms with Crippen molar-refractivity contribution in [1.82, 2.24) is 0 Å². The highest BCUT2D eigenvalue weighted by Gasteiger charge is 2.63. The number of aliphatic hydroxyl groups excluding tert-OH is 2. The number of rotatable bonds is 4. The third kappa shape index (κ3) is 3.04. The van der Waals surface area contributed by atoms with Gasteiger partial charge in [0.1, 0.15) is 0 Å². The van der Waals surface area contributed by atoms with Crippen LogP contribution in [0, 0.1) is 22.7 Å². The van der Waals surface area contributed by atoms with Gasteiger partial charge in [-0.2, -0.15) is 0 Å². The summed E-state index contributed by atoms with van der Waals surface area (Å²) in [5, 5.41) is 32.3. The van der Waals surface area contributed by atoms with Gasteiger partial charge in [0.05, 0.1) is 17.8 Å². The molecule has 0 heterocycles. The van der Waals surface area contributed by atoms with Crippen molar-refractivity contribution < 1.29 is 15.3 Å². The highest BCUT2D eigenvalue weighted by atomic mass is 16.3. The van der Waals surface area contributed by atoms with E-state index in [1.54, 1.807) is 6.08 Å². The van der Waals surface area contributed by atoms with Crippen LogP contribution in [0.3, 0.4) is 0 Å². The van der Waals surface area contributed by atoms with E-state index < -0.39 is 17.8 Å². The molecule has 0 amide bonds. The molecule has 0 aromatic heterocycles. The summed E-state index contributed by atoms with van der Waals surface area (Å²) in [6, 6.07) is 0. The Morgan fingerprint density at radius 1 is 1.22 bits per heavy atom. The van der Waals surface area contributed by atoms with E-state index in [1.807, 2.05) is 6.92 Å². The molecule has 0 spiro atoms. The Morgan fingerprint density at radius 2 is 1.83 bits per heavy atom. The Bertz CT molecular complexity index is 479. The second-order valence-corrected chi connectivity index (χ2v) is 8.94. The molecule has 0 aromatic carbocycles. The van der Waals surface area contributed by atoms with Gasteiger partial charge < -0.3 is 15.3 Å². The maximum absolute atomic E-state index is 11.1. The standard InChI is InChI=1S/C20H34O3/c1-7-13(2)8-9-15-19(5)11-10-16(22)18(3,4)17(19)14(21)12-20(15,6)23/h7,14-17,21-23H,1-2,8-12H2,3-6H3/t14?,15-,16?,17+,19-,20-/m1/s1. The van der Waals surface area contributed by atoms with Crippen LogP contribution in [0.1, 0.15) is 59.8 Å². The van der Waals surface area contributed by atoms with E-state index in [0.29, 0.717) is 6.42 Å². The highest BCUT2D eigenvalue weighted by molar-refractivity contribution is 5.15. The first-order valence-electron chi connectivity index (χ1n) is 8.85. The summed E-state index contributed by atoms with van der Waals surface area (Å²) in [5.74, 6) is 0.0628. The zero-order valence-corrected chi connectivity index (χ0v) is 15.2. The molecule has 0 radical (unpaired) electrons. The molecule has 2 fully saturated rings. The fourth-order valence-electron chi connectivity index (χ4n) is 5.83. The molecule has 3 nitrogen and oxygen atoms in total. The molecule has 2 saturated carbocycles. The highest BCUT2D eigenvalue weighted by Crippen LogP contribution is 2.63. The first kappa shape index (κ1) is 18.7. The summed E-state index contributed by atoms with van der Waals surface area (Å²) in [5.41, 5.74) is -0.450. The predicted octanol–water partition coefficient (Wildman–Crippen LogP) is 3.44. The first-order valence-corrected chi connectivity index (χ1v) is 8.85. The molecule has 2 aliphatic rings. The monoisotopic (exact) mass is 322 g/mol. The third-order valence-corrected chi connectivity index (χ3v) is 6.92. The zero-order chi connectivity index (χ0) is 17.6. The van der Waals surface area contributed by atoms with Crippen molar-refractivity contribution >= 4 is 0 Å². The average molecular weight is 322 g/mol. The molecule has 3 N–H and O–H groups in total. The van der Waals surface area contributed by atoms with Crippen molar-refractivity contribution in [3.8, 4) is 0 Å². The van der Waals surface area contributed by atoms with E-state index in [0.717, 1.165) is 31.3 Å². The lowest BCUT2D eigenvalue weighted by molar-refractivity contribution is -0.235. The molecule has 2 unspecified atom stereocenters. The molecule has 0 saturated heterocycles. The van der Waals surface area contributed by atoms with Crippen molar-refractivity contribution in [3.63, 3.8) is 0 Å². The summed E-state index contributed by atoms with van der Waals surface area (Å²) < 4.78 is 0. The van der Waals surface area contributed by atoms with Gasteiger partial charge in [0.15, 0.2) is 0 Å². The molecule has 0 aliphatic heterocycles. The van der Waals surface area contributed by atoms with Crippen molar-refractivity contribution in [2.75, 3.05) is 0 Å². The minimum absolute atomic E-state index is 0.0130. The van der Waals surface area contributed by atoms with Gasteiger partial charge in [-0.1, -0.05) is 45.6 Å². The number of fused-ring (bicyclic) bond motifs is 1. The summed E-state index contributed by atoms with van der Waals surface area (Å²) in [4.78, 5) is 0. The van der Waals surface area contributed by atoms with Crippen LogP contribution in [0.2, 0.25) is 0 Å². The van der Waals surface area contributed by atoms with Gasteiger partial charge in [-0.05, 0) is 55.3 Å². The third-order valence-electron chi connectivity index (χ3n) is 6.92. The quantitative estimate of drug-likeness (QED) is 0.695. The second kappa shape index (κ2) is 6.02. The van der Waals surface area contributed by atoms with Gasteiger partial charge in [-0.15, -0.1) is 0 Å². The SMILES string of the molecule is C=CC(=C)CC[C@@H]1[C@@]2(C)CCC(O)C(C)(C)[C@@H]2C(O)C[C@@]1(C)O. The van der Waals surface area contributed by atoms with Crippen LogP contribution in [-0.4, -0.2) is 33.1 Å². The second-order valence-electron chi connectivity index (χ2n) is 8.94. The zero-order valence-electron chi connectivity index (χ0n) is 15.2. The van der Waals surface area contributed by atoms with E-state index in [9.17, 15) is 15.3 Å². The number of hydrogen-bond donors (Lipinski definition) is 3. The van der Waals surface area contributed by atoms with E-state index in [1.165, 1.54) is 0 Å². The minimum Gasteiger partial charge on any atom is -0.393 e. The molecule has 132 valence electrons. The van der Waals surface area contributed by atoms with Crippen molar-refractivity contribution in [2.24, 2.45) is 22.7 Å². The van der Waals surface area contributed by atoms with Gasteiger partial charge in [0, 0.05) is 6.42 Å². The molecule has 2 aliphatic carbocycles. The van der Waals surface area contributed by atoms with Crippen LogP contribution in [0.5, 0.6) is 0 Å². The van der Waals surface area contributed by atoms with Gasteiger partial charge in [-0.25, -0.2) is 0 Å². The molecule has 23 heavy (non-hydrogen) atoms. The maximum atomic E-state index is 11.1. The lowest BCUT2D eigenvalue weighted by Crippen LogP contribution is -2.65. The van der Waals surface area contributed by atoms with Crippen LogP contribution in [0.25, 0.3) is 0 Å². The summed E-state index contributed by atoms with van der Waals surface area (Å²) in [6.07, 6.45) is 4.37. The smallest absolute Gasteiger partial charge is 0.0677 e. The molecular weight excluding hydrogens is 288 g/mol. The Hall–Kier alpha value is -0.640. The molecule has 3 heteroatoms. The molecular formula is C20H34O3. The molecule has 6 atom stereocenters. The van der Waals surface area contributed by atoms with E-state index >= 15 is 0 Å². The fraction of sp³-hybridized carbons (Fsp3) is 0.800.